The quantitative estimate of drug-likeness (QED) is 0.617. The Morgan fingerprint density at radius 3 is 3.07 bits per heavy atom. The van der Waals surface area contributed by atoms with Crippen LogP contribution in [0.1, 0.15) is 18.4 Å². The van der Waals surface area contributed by atoms with Gasteiger partial charge in [0.2, 0.25) is 5.91 Å². The summed E-state index contributed by atoms with van der Waals surface area (Å²) in [4.78, 5) is 21.2. The molecule has 1 aromatic carbocycles. The van der Waals surface area contributed by atoms with E-state index in [0.717, 1.165) is 30.5 Å². The van der Waals surface area contributed by atoms with E-state index in [1.165, 1.54) is 17.8 Å². The van der Waals surface area contributed by atoms with E-state index >= 15 is 0 Å². The molecule has 1 aliphatic heterocycles. The van der Waals surface area contributed by atoms with Crippen molar-refractivity contribution < 1.29 is 13.9 Å². The minimum atomic E-state index is -0.242. The third-order valence-electron chi connectivity index (χ3n) is 4.68. The van der Waals surface area contributed by atoms with Crippen molar-refractivity contribution in [1.82, 2.24) is 19.9 Å². The summed E-state index contributed by atoms with van der Waals surface area (Å²) in [6, 6.07) is 8.49. The molecule has 28 heavy (non-hydrogen) atoms. The molecule has 0 saturated carbocycles. The van der Waals surface area contributed by atoms with Gasteiger partial charge in [0, 0.05) is 25.1 Å². The van der Waals surface area contributed by atoms with Gasteiger partial charge in [0.25, 0.3) is 0 Å². The number of hydrogen-bond acceptors (Lipinski definition) is 5. The summed E-state index contributed by atoms with van der Waals surface area (Å²) in [5, 5.41) is 3.60. The molecule has 1 saturated heterocycles. The highest BCUT2D eigenvalue weighted by atomic mass is 32.2. The summed E-state index contributed by atoms with van der Waals surface area (Å²) in [7, 11) is 0. The predicted molar refractivity (Wildman–Crippen MR) is 105 cm³/mol. The fourth-order valence-electron chi connectivity index (χ4n) is 3.20. The second kappa shape index (κ2) is 8.70. The standard InChI is InChI=1S/C20H21FN4O2S/c21-16-6-2-1-4-14(16)13-28-20-24-17-7-8-22-11-18(17)25(20)12-19(26)23-10-15-5-3-9-27-15/h1-2,4,6-8,11,15H,3,5,9-10,12-13H2,(H,23,26). The molecule has 0 aliphatic carbocycles. The SMILES string of the molecule is O=C(Cn1c(SCc2ccccc2F)nc2ccncc21)NCC1CCCO1. The smallest absolute Gasteiger partial charge is 0.240 e. The number of halogens is 1. The van der Waals surface area contributed by atoms with E-state index < -0.39 is 0 Å². The number of fused-ring (bicyclic) bond motifs is 1. The van der Waals surface area contributed by atoms with E-state index in [2.05, 4.69) is 15.3 Å². The van der Waals surface area contributed by atoms with Crippen molar-refractivity contribution in [2.45, 2.75) is 36.4 Å². The van der Waals surface area contributed by atoms with Gasteiger partial charge in [-0.1, -0.05) is 30.0 Å². The average Bonchev–Trinajstić information content (AvgIpc) is 3.34. The first-order chi connectivity index (χ1) is 13.7. The van der Waals surface area contributed by atoms with Crippen molar-refractivity contribution in [3.63, 3.8) is 0 Å². The molecular weight excluding hydrogens is 379 g/mol. The maximum Gasteiger partial charge on any atom is 0.240 e. The zero-order valence-electron chi connectivity index (χ0n) is 15.3. The molecule has 1 fully saturated rings. The molecule has 0 bridgehead atoms. The second-order valence-electron chi connectivity index (χ2n) is 6.66. The first kappa shape index (κ1) is 18.9. The molecule has 3 heterocycles. The number of nitrogens with zero attached hydrogens (tertiary/aromatic N) is 3. The molecule has 6 nitrogen and oxygen atoms in total. The maximum absolute atomic E-state index is 13.9. The van der Waals surface area contributed by atoms with Crippen molar-refractivity contribution in [2.24, 2.45) is 0 Å². The Morgan fingerprint density at radius 1 is 1.36 bits per heavy atom. The monoisotopic (exact) mass is 400 g/mol. The van der Waals surface area contributed by atoms with Crippen molar-refractivity contribution in [2.75, 3.05) is 13.2 Å². The van der Waals surface area contributed by atoms with Crippen LogP contribution in [-0.4, -0.2) is 39.7 Å². The lowest BCUT2D eigenvalue weighted by Gasteiger charge is -2.12. The first-order valence-electron chi connectivity index (χ1n) is 9.25. The maximum atomic E-state index is 13.9. The Balaban J connectivity index is 1.49. The Labute approximate surface area is 166 Å². The summed E-state index contributed by atoms with van der Waals surface area (Å²) < 4.78 is 21.3. The van der Waals surface area contributed by atoms with Crippen LogP contribution in [0.2, 0.25) is 0 Å². The predicted octanol–water partition coefficient (Wildman–Crippen LogP) is 3.16. The van der Waals surface area contributed by atoms with E-state index in [-0.39, 0.29) is 24.4 Å². The Bertz CT molecular complexity index is 972. The van der Waals surface area contributed by atoms with Crippen molar-refractivity contribution in [3.05, 3.63) is 54.1 Å². The number of aromatic nitrogens is 3. The highest BCUT2D eigenvalue weighted by Gasteiger charge is 2.18. The fraction of sp³-hybridized carbons (Fsp3) is 0.350. The normalized spacial score (nSPS) is 16.5. The number of pyridine rings is 1. The summed E-state index contributed by atoms with van der Waals surface area (Å²) in [6.07, 6.45) is 5.47. The van der Waals surface area contributed by atoms with Crippen molar-refractivity contribution >= 4 is 28.7 Å². The van der Waals surface area contributed by atoms with Crippen LogP contribution in [0.15, 0.2) is 47.9 Å². The number of imidazole rings is 1. The number of amides is 1. The number of benzene rings is 1. The number of nitrogens with one attached hydrogen (secondary N) is 1. The topological polar surface area (TPSA) is 69.0 Å². The lowest BCUT2D eigenvalue weighted by Crippen LogP contribution is -2.34. The van der Waals surface area contributed by atoms with Gasteiger partial charge in [-0.25, -0.2) is 9.37 Å². The molecule has 1 aliphatic rings. The molecule has 1 atom stereocenters. The van der Waals surface area contributed by atoms with Crippen LogP contribution >= 0.6 is 11.8 Å². The molecule has 1 N–H and O–H groups in total. The number of ether oxygens (including phenoxy) is 1. The van der Waals surface area contributed by atoms with Crippen LogP contribution < -0.4 is 5.32 Å². The lowest BCUT2D eigenvalue weighted by molar-refractivity contribution is -0.122. The molecule has 1 amide bonds. The van der Waals surface area contributed by atoms with E-state index in [0.29, 0.717) is 23.0 Å². The van der Waals surface area contributed by atoms with Gasteiger partial charge < -0.3 is 14.6 Å². The van der Waals surface area contributed by atoms with Gasteiger partial charge in [-0.05, 0) is 30.5 Å². The zero-order valence-corrected chi connectivity index (χ0v) is 16.1. The van der Waals surface area contributed by atoms with Crippen molar-refractivity contribution in [1.29, 1.82) is 0 Å². The number of thioether (sulfide) groups is 1. The average molecular weight is 400 g/mol. The fourth-order valence-corrected chi connectivity index (χ4v) is 4.20. The first-order valence-corrected chi connectivity index (χ1v) is 10.2. The van der Waals surface area contributed by atoms with Gasteiger partial charge in [0.1, 0.15) is 12.4 Å². The summed E-state index contributed by atoms with van der Waals surface area (Å²) >= 11 is 1.40. The third-order valence-corrected chi connectivity index (χ3v) is 5.71. The third kappa shape index (κ3) is 4.34. The summed E-state index contributed by atoms with van der Waals surface area (Å²) in [5.41, 5.74) is 2.15. The number of rotatable bonds is 7. The highest BCUT2D eigenvalue weighted by molar-refractivity contribution is 7.98. The van der Waals surface area contributed by atoms with E-state index in [4.69, 9.17) is 4.74 Å². The Kier molecular flexibility index (Phi) is 5.87. The van der Waals surface area contributed by atoms with E-state index in [1.54, 1.807) is 24.5 Å². The van der Waals surface area contributed by atoms with Crippen molar-refractivity contribution in [3.8, 4) is 0 Å². The molecule has 8 heteroatoms. The molecule has 4 rings (SSSR count). The molecule has 1 unspecified atom stereocenters. The molecule has 3 aromatic rings. The minimum Gasteiger partial charge on any atom is -0.376 e. The van der Waals surface area contributed by atoms with Crippen LogP contribution in [-0.2, 0) is 21.8 Å². The number of carbonyl (C=O) groups excluding carboxylic acids is 1. The molecule has 0 spiro atoms. The molecular formula is C20H21FN4O2S. The van der Waals surface area contributed by atoms with Crippen LogP contribution in [0, 0.1) is 5.82 Å². The molecule has 146 valence electrons. The van der Waals surface area contributed by atoms with Crippen LogP contribution in [0.3, 0.4) is 0 Å². The molecule has 2 aromatic heterocycles. The number of hydrogen-bond donors (Lipinski definition) is 1. The largest absolute Gasteiger partial charge is 0.376 e. The van der Waals surface area contributed by atoms with E-state index in [9.17, 15) is 9.18 Å². The van der Waals surface area contributed by atoms with Gasteiger partial charge in [-0.15, -0.1) is 0 Å². The summed E-state index contributed by atoms with van der Waals surface area (Å²) in [5.74, 6) is 0.0843. The Hall–Kier alpha value is -2.45. The van der Waals surface area contributed by atoms with Gasteiger partial charge >= 0.3 is 0 Å². The minimum absolute atomic E-state index is 0.0973. The van der Waals surface area contributed by atoms with Gasteiger partial charge in [-0.3, -0.25) is 9.78 Å². The van der Waals surface area contributed by atoms with Gasteiger partial charge in [-0.2, -0.15) is 0 Å². The van der Waals surface area contributed by atoms with Crippen LogP contribution in [0.25, 0.3) is 11.0 Å². The van der Waals surface area contributed by atoms with Crippen LogP contribution in [0.4, 0.5) is 4.39 Å². The zero-order chi connectivity index (χ0) is 19.3. The van der Waals surface area contributed by atoms with Gasteiger partial charge in [0.15, 0.2) is 5.16 Å². The molecule has 0 radical (unpaired) electrons. The highest BCUT2D eigenvalue weighted by Crippen LogP contribution is 2.27. The lowest BCUT2D eigenvalue weighted by atomic mass is 10.2. The van der Waals surface area contributed by atoms with Gasteiger partial charge in [0.05, 0.1) is 23.3 Å². The van der Waals surface area contributed by atoms with E-state index in [1.807, 2.05) is 16.7 Å². The Morgan fingerprint density at radius 2 is 2.25 bits per heavy atom. The summed E-state index contributed by atoms with van der Waals surface area (Å²) in [6.45, 7) is 1.41. The van der Waals surface area contributed by atoms with Crippen LogP contribution in [0.5, 0.6) is 0 Å². The number of carbonyl (C=O) groups is 1. The second-order valence-corrected chi connectivity index (χ2v) is 7.61.